The molecule has 1 heterocycles. The minimum absolute atomic E-state index is 0.608. The first kappa shape index (κ1) is 13.3. The molecule has 4 saturated carbocycles. The van der Waals surface area contributed by atoms with Crippen molar-refractivity contribution in [2.24, 2.45) is 23.2 Å². The Morgan fingerprint density at radius 3 is 2.35 bits per heavy atom. The second kappa shape index (κ2) is 5.14. The van der Waals surface area contributed by atoms with Gasteiger partial charge < -0.3 is 5.32 Å². The molecule has 1 atom stereocenters. The lowest BCUT2D eigenvalue weighted by Gasteiger charge is -2.57. The van der Waals surface area contributed by atoms with E-state index in [1.54, 1.807) is 24.1 Å². The van der Waals surface area contributed by atoms with Gasteiger partial charge in [0.05, 0.1) is 0 Å². The molecule has 1 aromatic rings. The normalized spacial score (nSPS) is 40.1. The third-order valence-corrected chi connectivity index (χ3v) is 7.13. The third kappa shape index (κ3) is 2.35. The van der Waals surface area contributed by atoms with E-state index >= 15 is 0 Å². The van der Waals surface area contributed by atoms with Crippen LogP contribution in [0, 0.1) is 23.2 Å². The van der Waals surface area contributed by atoms with Gasteiger partial charge in [-0.05, 0) is 86.1 Å². The Hall–Kier alpha value is -0.340. The van der Waals surface area contributed by atoms with E-state index in [0.29, 0.717) is 11.5 Å². The van der Waals surface area contributed by atoms with Crippen molar-refractivity contribution >= 4 is 11.3 Å². The second-order valence-electron chi connectivity index (χ2n) is 7.75. The van der Waals surface area contributed by atoms with Crippen LogP contribution in [0.5, 0.6) is 0 Å². The van der Waals surface area contributed by atoms with E-state index in [1.807, 2.05) is 11.3 Å². The lowest BCUT2D eigenvalue weighted by molar-refractivity contribution is -0.0620. The van der Waals surface area contributed by atoms with Gasteiger partial charge >= 0.3 is 0 Å². The Morgan fingerprint density at radius 1 is 1.20 bits per heavy atom. The van der Waals surface area contributed by atoms with Crippen LogP contribution in [0.3, 0.4) is 0 Å². The zero-order chi connectivity index (χ0) is 13.6. The quantitative estimate of drug-likeness (QED) is 0.804. The summed E-state index contributed by atoms with van der Waals surface area (Å²) in [6.45, 7) is 3.34. The average Bonchev–Trinajstić information content (AvgIpc) is 2.90. The van der Waals surface area contributed by atoms with Gasteiger partial charge in [-0.1, -0.05) is 13.0 Å². The minimum Gasteiger partial charge on any atom is -0.310 e. The molecular formula is C18H27NS. The summed E-state index contributed by atoms with van der Waals surface area (Å²) in [6.07, 6.45) is 10.7. The number of hydrogen-bond donors (Lipinski definition) is 1. The highest BCUT2D eigenvalue weighted by Gasteiger charge is 2.51. The van der Waals surface area contributed by atoms with Crippen LogP contribution < -0.4 is 5.32 Å². The van der Waals surface area contributed by atoms with Crippen molar-refractivity contribution in [3.8, 4) is 0 Å². The van der Waals surface area contributed by atoms with Gasteiger partial charge in [-0.2, -0.15) is 0 Å². The standard InChI is InChI=1S/C18H27NS/c1-2-19-16(17-4-3-5-20-17)12-18-9-13-6-14(10-18)8-15(7-13)11-18/h3-5,13-16,19H,2,6-12H2,1H3. The first-order valence-electron chi connectivity index (χ1n) is 8.53. The maximum atomic E-state index is 3.77. The van der Waals surface area contributed by atoms with E-state index < -0.39 is 0 Å². The molecule has 1 aromatic heterocycles. The topological polar surface area (TPSA) is 12.0 Å². The molecule has 5 rings (SSSR count). The summed E-state index contributed by atoms with van der Waals surface area (Å²) < 4.78 is 0. The summed E-state index contributed by atoms with van der Waals surface area (Å²) in [5.41, 5.74) is 0.686. The van der Waals surface area contributed by atoms with E-state index in [4.69, 9.17) is 0 Å². The van der Waals surface area contributed by atoms with Gasteiger partial charge in [0.15, 0.2) is 0 Å². The van der Waals surface area contributed by atoms with Crippen LogP contribution in [0.1, 0.15) is 62.8 Å². The highest BCUT2D eigenvalue weighted by molar-refractivity contribution is 7.10. The average molecular weight is 289 g/mol. The molecule has 1 unspecified atom stereocenters. The van der Waals surface area contributed by atoms with E-state index in [9.17, 15) is 0 Å². The van der Waals surface area contributed by atoms with Crippen LogP contribution in [0.4, 0.5) is 0 Å². The fraction of sp³-hybridized carbons (Fsp3) is 0.778. The molecule has 0 spiro atoms. The molecule has 4 aliphatic rings. The van der Waals surface area contributed by atoms with Gasteiger partial charge in [0.25, 0.3) is 0 Å². The lowest BCUT2D eigenvalue weighted by atomic mass is 9.48. The van der Waals surface area contributed by atoms with Crippen LogP contribution in [0.2, 0.25) is 0 Å². The Morgan fingerprint density at radius 2 is 1.85 bits per heavy atom. The van der Waals surface area contributed by atoms with Crippen LogP contribution in [0.25, 0.3) is 0 Å². The maximum absolute atomic E-state index is 3.77. The summed E-state index contributed by atoms with van der Waals surface area (Å²) in [4.78, 5) is 1.56. The molecular weight excluding hydrogens is 262 g/mol. The molecule has 2 heteroatoms. The molecule has 0 amide bonds. The molecule has 110 valence electrons. The highest BCUT2D eigenvalue weighted by Crippen LogP contribution is 2.62. The van der Waals surface area contributed by atoms with Crippen molar-refractivity contribution in [3.05, 3.63) is 22.4 Å². The Balaban J connectivity index is 1.54. The molecule has 0 radical (unpaired) electrons. The third-order valence-electron chi connectivity index (χ3n) is 6.14. The van der Waals surface area contributed by atoms with Crippen LogP contribution in [-0.2, 0) is 0 Å². The van der Waals surface area contributed by atoms with Gasteiger partial charge in [-0.25, -0.2) is 0 Å². The molecule has 4 aliphatic carbocycles. The fourth-order valence-corrected chi connectivity index (χ4v) is 6.78. The van der Waals surface area contributed by atoms with Gasteiger partial charge in [-0.3, -0.25) is 0 Å². The zero-order valence-corrected chi connectivity index (χ0v) is 13.4. The number of hydrogen-bond acceptors (Lipinski definition) is 2. The summed E-state index contributed by atoms with van der Waals surface area (Å²) in [7, 11) is 0. The maximum Gasteiger partial charge on any atom is 0.0420 e. The molecule has 20 heavy (non-hydrogen) atoms. The molecule has 0 aliphatic heterocycles. The molecule has 0 saturated heterocycles. The van der Waals surface area contributed by atoms with Crippen LogP contribution >= 0.6 is 11.3 Å². The second-order valence-corrected chi connectivity index (χ2v) is 8.73. The zero-order valence-electron chi connectivity index (χ0n) is 12.6. The predicted octanol–water partition coefficient (Wildman–Crippen LogP) is 5.01. The SMILES string of the molecule is CCNC(CC12CC3CC(CC(C3)C1)C2)c1cccs1. The molecule has 4 bridgehead atoms. The van der Waals surface area contributed by atoms with Crippen molar-refractivity contribution in [1.29, 1.82) is 0 Å². The minimum atomic E-state index is 0.608. The summed E-state index contributed by atoms with van der Waals surface area (Å²) in [6, 6.07) is 5.15. The van der Waals surface area contributed by atoms with Gasteiger partial charge in [0, 0.05) is 10.9 Å². The largest absolute Gasteiger partial charge is 0.310 e. The van der Waals surface area contributed by atoms with Gasteiger partial charge in [0.1, 0.15) is 0 Å². The number of rotatable bonds is 5. The Labute approximate surface area is 127 Å². The predicted molar refractivity (Wildman–Crippen MR) is 86.0 cm³/mol. The highest BCUT2D eigenvalue weighted by atomic mass is 32.1. The number of nitrogens with one attached hydrogen (secondary N) is 1. The molecule has 4 fully saturated rings. The van der Waals surface area contributed by atoms with Crippen LogP contribution in [0.15, 0.2) is 17.5 Å². The van der Waals surface area contributed by atoms with Gasteiger partial charge in [0.2, 0.25) is 0 Å². The van der Waals surface area contributed by atoms with Crippen molar-refractivity contribution in [2.45, 2.75) is 57.9 Å². The van der Waals surface area contributed by atoms with E-state index in [-0.39, 0.29) is 0 Å². The Bertz CT molecular complexity index is 415. The lowest BCUT2D eigenvalue weighted by Crippen LogP contribution is -2.47. The van der Waals surface area contributed by atoms with E-state index in [2.05, 4.69) is 29.8 Å². The fourth-order valence-electron chi connectivity index (χ4n) is 5.98. The summed E-state index contributed by atoms with van der Waals surface area (Å²) in [5, 5.41) is 6.01. The molecule has 1 N–H and O–H groups in total. The Kier molecular flexibility index (Phi) is 3.42. The monoisotopic (exact) mass is 289 g/mol. The van der Waals surface area contributed by atoms with Gasteiger partial charge in [-0.15, -0.1) is 11.3 Å². The number of thiophene rings is 1. The van der Waals surface area contributed by atoms with Crippen LogP contribution in [-0.4, -0.2) is 6.54 Å². The first-order valence-corrected chi connectivity index (χ1v) is 9.41. The van der Waals surface area contributed by atoms with E-state index in [0.717, 1.165) is 24.3 Å². The van der Waals surface area contributed by atoms with E-state index in [1.165, 1.54) is 25.7 Å². The molecule has 0 aromatic carbocycles. The van der Waals surface area contributed by atoms with Crippen molar-refractivity contribution in [3.63, 3.8) is 0 Å². The molecule has 1 nitrogen and oxygen atoms in total. The summed E-state index contributed by atoms with van der Waals surface area (Å²) in [5.74, 6) is 3.23. The van der Waals surface area contributed by atoms with Crippen molar-refractivity contribution in [2.75, 3.05) is 6.54 Å². The van der Waals surface area contributed by atoms with Crippen molar-refractivity contribution < 1.29 is 0 Å². The summed E-state index contributed by atoms with van der Waals surface area (Å²) >= 11 is 1.94. The van der Waals surface area contributed by atoms with Crippen molar-refractivity contribution in [1.82, 2.24) is 5.32 Å². The first-order chi connectivity index (χ1) is 9.76. The smallest absolute Gasteiger partial charge is 0.0420 e.